The number of aliphatic hydroxyl groups is 1. The van der Waals surface area contributed by atoms with Crippen LogP contribution in [0.2, 0.25) is 5.02 Å². The maximum Gasteiger partial charge on any atom is 0.251 e. The molecule has 1 unspecified atom stereocenters. The quantitative estimate of drug-likeness (QED) is 0.890. The van der Waals surface area contributed by atoms with Crippen molar-refractivity contribution in [3.8, 4) is 5.75 Å². The second-order valence-electron chi connectivity index (χ2n) is 4.93. The van der Waals surface area contributed by atoms with Crippen molar-refractivity contribution >= 4 is 17.5 Å². The summed E-state index contributed by atoms with van der Waals surface area (Å²) in [5.41, 5.74) is 2.21. The molecule has 116 valence electrons. The van der Waals surface area contributed by atoms with Crippen molar-refractivity contribution < 1.29 is 14.6 Å². The average Bonchev–Trinajstić information content (AvgIpc) is 2.53. The number of halogens is 1. The monoisotopic (exact) mass is 319 g/mol. The van der Waals surface area contributed by atoms with E-state index in [1.807, 2.05) is 31.2 Å². The van der Waals surface area contributed by atoms with Gasteiger partial charge in [-0.2, -0.15) is 0 Å². The van der Waals surface area contributed by atoms with Crippen molar-refractivity contribution in [2.75, 3.05) is 13.7 Å². The van der Waals surface area contributed by atoms with Crippen LogP contribution in [0, 0.1) is 6.92 Å². The van der Waals surface area contributed by atoms with Crippen molar-refractivity contribution in [2.45, 2.75) is 13.0 Å². The van der Waals surface area contributed by atoms with Gasteiger partial charge in [0, 0.05) is 12.1 Å². The third kappa shape index (κ3) is 3.78. The van der Waals surface area contributed by atoms with Gasteiger partial charge in [0.05, 0.1) is 18.2 Å². The summed E-state index contributed by atoms with van der Waals surface area (Å²) in [5.74, 6) is 0.149. The van der Waals surface area contributed by atoms with E-state index in [1.165, 1.54) is 7.11 Å². The summed E-state index contributed by atoms with van der Waals surface area (Å²) in [6, 6.07) is 12.3. The van der Waals surface area contributed by atoms with E-state index in [-0.39, 0.29) is 12.5 Å². The van der Waals surface area contributed by atoms with Gasteiger partial charge in [-0.15, -0.1) is 0 Å². The smallest absolute Gasteiger partial charge is 0.251 e. The van der Waals surface area contributed by atoms with Gasteiger partial charge < -0.3 is 15.2 Å². The molecular formula is C17H18ClNO3. The molecule has 0 radical (unpaired) electrons. The van der Waals surface area contributed by atoms with Gasteiger partial charge in [-0.3, -0.25) is 4.79 Å². The molecule has 2 aromatic rings. The predicted octanol–water partition coefficient (Wildman–Crippen LogP) is 3.12. The highest BCUT2D eigenvalue weighted by molar-refractivity contribution is 6.32. The number of rotatable bonds is 5. The third-order valence-electron chi connectivity index (χ3n) is 3.42. The molecular weight excluding hydrogens is 302 g/mol. The summed E-state index contributed by atoms with van der Waals surface area (Å²) in [7, 11) is 1.49. The van der Waals surface area contributed by atoms with Gasteiger partial charge in [-0.25, -0.2) is 0 Å². The summed E-state index contributed by atoms with van der Waals surface area (Å²) in [5, 5.41) is 13.3. The van der Waals surface area contributed by atoms with Crippen molar-refractivity contribution in [1.29, 1.82) is 0 Å². The van der Waals surface area contributed by atoms with E-state index in [0.717, 1.165) is 11.1 Å². The number of amides is 1. The number of hydrogen-bond acceptors (Lipinski definition) is 3. The molecule has 2 rings (SSSR count). The first-order valence-corrected chi connectivity index (χ1v) is 7.26. The van der Waals surface area contributed by atoms with Crippen LogP contribution in [0.3, 0.4) is 0 Å². The number of hydrogen-bond donors (Lipinski definition) is 2. The molecule has 0 aliphatic rings. The van der Waals surface area contributed by atoms with Gasteiger partial charge in [0.2, 0.25) is 0 Å². The van der Waals surface area contributed by atoms with E-state index in [2.05, 4.69) is 5.32 Å². The SMILES string of the molecule is COc1cc(C(=O)NCC(O)c2ccccc2C)ccc1Cl. The Labute approximate surface area is 134 Å². The van der Waals surface area contributed by atoms with Crippen LogP contribution in [0.25, 0.3) is 0 Å². The van der Waals surface area contributed by atoms with Crippen LogP contribution < -0.4 is 10.1 Å². The number of aliphatic hydroxyl groups excluding tert-OH is 1. The topological polar surface area (TPSA) is 58.6 Å². The second-order valence-corrected chi connectivity index (χ2v) is 5.34. The van der Waals surface area contributed by atoms with Gasteiger partial charge in [0.25, 0.3) is 5.91 Å². The molecule has 0 fully saturated rings. The number of carbonyl (C=O) groups is 1. The molecule has 5 heteroatoms. The summed E-state index contributed by atoms with van der Waals surface area (Å²) in [6.45, 7) is 2.05. The van der Waals surface area contributed by atoms with Crippen molar-refractivity contribution in [2.24, 2.45) is 0 Å². The first kappa shape index (κ1) is 16.3. The van der Waals surface area contributed by atoms with Gasteiger partial charge in [0.1, 0.15) is 5.75 Å². The predicted molar refractivity (Wildman–Crippen MR) is 86.5 cm³/mol. The highest BCUT2D eigenvalue weighted by Gasteiger charge is 2.13. The number of nitrogens with one attached hydrogen (secondary N) is 1. The van der Waals surface area contributed by atoms with Crippen molar-refractivity contribution in [3.63, 3.8) is 0 Å². The summed E-state index contributed by atoms with van der Waals surface area (Å²) in [4.78, 5) is 12.1. The van der Waals surface area contributed by atoms with Crippen molar-refractivity contribution in [1.82, 2.24) is 5.32 Å². The number of methoxy groups -OCH3 is 1. The molecule has 4 nitrogen and oxygen atoms in total. The molecule has 1 amide bonds. The second kappa shape index (κ2) is 7.29. The number of carbonyl (C=O) groups excluding carboxylic acids is 1. The summed E-state index contributed by atoms with van der Waals surface area (Å²) < 4.78 is 5.09. The lowest BCUT2D eigenvalue weighted by Gasteiger charge is -2.15. The number of aryl methyl sites for hydroxylation is 1. The summed E-state index contributed by atoms with van der Waals surface area (Å²) in [6.07, 6.45) is -0.751. The van der Waals surface area contributed by atoms with E-state index in [9.17, 15) is 9.90 Å². The van der Waals surface area contributed by atoms with Crippen LogP contribution in [0.1, 0.15) is 27.6 Å². The maximum absolute atomic E-state index is 12.1. The van der Waals surface area contributed by atoms with Crippen LogP contribution >= 0.6 is 11.6 Å². The maximum atomic E-state index is 12.1. The molecule has 0 aromatic heterocycles. The highest BCUT2D eigenvalue weighted by atomic mass is 35.5. The number of ether oxygens (including phenoxy) is 1. The Morgan fingerprint density at radius 2 is 2.05 bits per heavy atom. The fraction of sp³-hybridized carbons (Fsp3) is 0.235. The first-order valence-electron chi connectivity index (χ1n) is 6.88. The zero-order valence-electron chi connectivity index (χ0n) is 12.5. The van der Waals surface area contributed by atoms with Crippen LogP contribution in [0.15, 0.2) is 42.5 Å². The zero-order valence-corrected chi connectivity index (χ0v) is 13.2. The Hall–Kier alpha value is -2.04. The molecule has 0 aliphatic carbocycles. The number of benzene rings is 2. The molecule has 0 saturated heterocycles. The lowest BCUT2D eigenvalue weighted by Crippen LogP contribution is -2.28. The van der Waals surface area contributed by atoms with Gasteiger partial charge in [0.15, 0.2) is 0 Å². The summed E-state index contributed by atoms with van der Waals surface area (Å²) >= 11 is 5.93. The molecule has 0 bridgehead atoms. The minimum Gasteiger partial charge on any atom is -0.495 e. The minimum atomic E-state index is -0.751. The molecule has 0 aliphatic heterocycles. The Morgan fingerprint density at radius 3 is 2.73 bits per heavy atom. The van der Waals surface area contributed by atoms with Crippen LogP contribution in [0.4, 0.5) is 0 Å². The fourth-order valence-electron chi connectivity index (χ4n) is 2.16. The zero-order chi connectivity index (χ0) is 16.1. The molecule has 22 heavy (non-hydrogen) atoms. The molecule has 2 aromatic carbocycles. The van der Waals surface area contributed by atoms with Crippen LogP contribution in [-0.2, 0) is 0 Å². The highest BCUT2D eigenvalue weighted by Crippen LogP contribution is 2.25. The van der Waals surface area contributed by atoms with Gasteiger partial charge in [-0.05, 0) is 36.2 Å². The third-order valence-corrected chi connectivity index (χ3v) is 3.73. The fourth-order valence-corrected chi connectivity index (χ4v) is 2.36. The normalized spacial score (nSPS) is 11.8. The largest absolute Gasteiger partial charge is 0.495 e. The standard InChI is InChI=1S/C17H18ClNO3/c1-11-5-3-4-6-13(11)15(20)10-19-17(21)12-7-8-14(18)16(9-12)22-2/h3-9,15,20H,10H2,1-2H3,(H,19,21). The van der Waals surface area contributed by atoms with E-state index in [4.69, 9.17) is 16.3 Å². The molecule has 1 atom stereocenters. The van der Waals surface area contributed by atoms with E-state index >= 15 is 0 Å². The Bertz CT molecular complexity index is 673. The first-order chi connectivity index (χ1) is 10.5. The van der Waals surface area contributed by atoms with E-state index in [1.54, 1.807) is 18.2 Å². The van der Waals surface area contributed by atoms with Crippen LogP contribution in [-0.4, -0.2) is 24.7 Å². The molecule has 0 heterocycles. The minimum absolute atomic E-state index is 0.134. The van der Waals surface area contributed by atoms with E-state index < -0.39 is 6.10 Å². The van der Waals surface area contributed by atoms with Crippen LogP contribution in [0.5, 0.6) is 5.75 Å². The average molecular weight is 320 g/mol. The lowest BCUT2D eigenvalue weighted by molar-refractivity contribution is 0.0915. The van der Waals surface area contributed by atoms with Gasteiger partial charge >= 0.3 is 0 Å². The van der Waals surface area contributed by atoms with E-state index in [0.29, 0.717) is 16.3 Å². The Kier molecular flexibility index (Phi) is 5.41. The Balaban J connectivity index is 2.02. The molecule has 2 N–H and O–H groups in total. The lowest BCUT2D eigenvalue weighted by atomic mass is 10.0. The molecule has 0 saturated carbocycles. The van der Waals surface area contributed by atoms with Crippen molar-refractivity contribution in [3.05, 3.63) is 64.2 Å². The molecule has 0 spiro atoms. The Morgan fingerprint density at radius 1 is 1.32 bits per heavy atom. The van der Waals surface area contributed by atoms with Gasteiger partial charge in [-0.1, -0.05) is 35.9 Å².